The molecule has 28 aromatic rings. The second kappa shape index (κ2) is 31.8. The average Bonchev–Trinajstić information content (AvgIpc) is 0.966. The van der Waals surface area contributed by atoms with E-state index in [2.05, 4.69) is 517 Å². The highest BCUT2D eigenvalue weighted by Gasteiger charge is 2.21. The molecule has 25 aromatic carbocycles. The van der Waals surface area contributed by atoms with Crippen LogP contribution in [-0.2, 0) is 0 Å². The summed E-state index contributed by atoms with van der Waals surface area (Å²) in [6.45, 7) is 0. The fraction of sp³-hybridized carbons (Fsp3) is 0. The average molecular weight is 1690 g/mol. The molecule has 0 aliphatic rings. The maximum absolute atomic E-state index is 2.40. The largest absolute Gasteiger partial charge is 0.309 e. The first-order valence-corrected chi connectivity index (χ1v) is 46.0. The molecule has 3 heterocycles. The van der Waals surface area contributed by atoms with Crippen LogP contribution in [0.3, 0.4) is 0 Å². The van der Waals surface area contributed by atoms with Gasteiger partial charge in [0.05, 0.1) is 33.1 Å². The number of hydrogen-bond acceptors (Lipinski definition) is 0. The van der Waals surface area contributed by atoms with Crippen molar-refractivity contribution in [2.75, 3.05) is 0 Å². The van der Waals surface area contributed by atoms with E-state index in [-0.39, 0.29) is 0 Å². The number of rotatable bonds is 9. The monoisotopic (exact) mass is 1690 g/mol. The van der Waals surface area contributed by atoms with Gasteiger partial charge in [-0.15, -0.1) is 0 Å². The molecule has 0 atom stereocenters. The molecular weight excluding hydrogens is 1600 g/mol. The second-order valence-electron chi connectivity index (χ2n) is 35.4. The Morgan fingerprint density at radius 3 is 0.692 bits per heavy atom. The van der Waals surface area contributed by atoms with Crippen LogP contribution in [0, 0.1) is 0 Å². The van der Waals surface area contributed by atoms with Gasteiger partial charge in [0.1, 0.15) is 0 Å². The summed E-state index contributed by atoms with van der Waals surface area (Å²) in [6, 6.07) is 184. The lowest BCUT2D eigenvalue weighted by molar-refractivity contribution is 1.19. The van der Waals surface area contributed by atoms with E-state index in [9.17, 15) is 0 Å². The van der Waals surface area contributed by atoms with Crippen molar-refractivity contribution in [3.8, 4) is 83.8 Å². The Balaban J connectivity index is 0.000000104. The predicted octanol–water partition coefficient (Wildman–Crippen LogP) is 35.9. The lowest BCUT2D eigenvalue weighted by Gasteiger charge is -2.13. The van der Waals surface area contributed by atoms with Crippen molar-refractivity contribution in [3.05, 3.63) is 504 Å². The van der Waals surface area contributed by atoms with Crippen molar-refractivity contribution in [1.82, 2.24) is 13.7 Å². The Kier molecular flexibility index (Phi) is 18.3. The summed E-state index contributed by atoms with van der Waals surface area (Å²) in [5.41, 5.74) is 25.6. The molecule has 3 aromatic heterocycles. The van der Waals surface area contributed by atoms with Gasteiger partial charge in [0, 0.05) is 49.4 Å². The fourth-order valence-electron chi connectivity index (χ4n) is 21.3. The molecule has 0 aliphatic carbocycles. The van der Waals surface area contributed by atoms with Crippen LogP contribution in [0.4, 0.5) is 0 Å². The van der Waals surface area contributed by atoms with Gasteiger partial charge in [0.25, 0.3) is 0 Å². The zero-order valence-corrected chi connectivity index (χ0v) is 72.8. The third-order valence-electron chi connectivity index (χ3n) is 27.8. The summed E-state index contributed by atoms with van der Waals surface area (Å²) in [5, 5.41) is 33.2. The summed E-state index contributed by atoms with van der Waals surface area (Å²) in [5.74, 6) is 0. The zero-order valence-electron chi connectivity index (χ0n) is 72.8. The first-order chi connectivity index (χ1) is 65.9. The highest BCUT2D eigenvalue weighted by Crippen LogP contribution is 2.45. The molecule has 0 N–H and O–H groups in total. The lowest BCUT2D eigenvalue weighted by Crippen LogP contribution is -1.93. The number of hydrogen-bond donors (Lipinski definition) is 0. The van der Waals surface area contributed by atoms with Gasteiger partial charge in [-0.1, -0.05) is 376 Å². The summed E-state index contributed by atoms with van der Waals surface area (Å²) in [4.78, 5) is 0. The Morgan fingerprint density at radius 1 is 0.0902 bits per heavy atom. The van der Waals surface area contributed by atoms with Gasteiger partial charge >= 0.3 is 0 Å². The lowest BCUT2D eigenvalue weighted by atomic mass is 9.91. The molecule has 0 unspecified atom stereocenters. The van der Waals surface area contributed by atoms with Crippen molar-refractivity contribution < 1.29 is 0 Å². The van der Waals surface area contributed by atoms with Gasteiger partial charge in [-0.3, -0.25) is 0 Å². The molecule has 3 nitrogen and oxygen atoms in total. The van der Waals surface area contributed by atoms with Crippen LogP contribution in [0.2, 0.25) is 0 Å². The standard InChI is InChI=1S/C46H29N.2C42H27N/c1-2-11-33-27-36(23-20-30(33)10-1)47-45-19-8-7-18-42(45)44-29-35(22-25-46(44)47)32-13-9-12-31(26-32)34-21-24-41-39-16-4-3-14-37(39)38-15-5-6-17-40(38)43(41)28-34;1-2-10-32-26-36(21-18-28(32)8-1)43-41-15-6-5-14-39(41)40-27-34(20-23-42(40)43)31-12-7-11-30(24-31)33-19-22-38-35(25-33)17-16-29-9-3-4-13-37(29)38;1-2-10-33-25-36(22-20-28(33)8-1)43-41-15-6-5-14-38(41)40-27-35(21-23-42(40)43)32-12-7-11-31(24-32)34-19-18-30-17-16-29-9-3-4-13-37(29)39(30)26-34/h1-29H;2*1-27H. The molecule has 0 aliphatic heterocycles. The molecule has 0 saturated carbocycles. The number of fused-ring (bicyclic) bond motifs is 24. The quantitative estimate of drug-likeness (QED) is 0.128. The minimum Gasteiger partial charge on any atom is -0.309 e. The van der Waals surface area contributed by atoms with Crippen LogP contribution in [0.5, 0.6) is 0 Å². The maximum Gasteiger partial charge on any atom is 0.0541 e. The first kappa shape index (κ1) is 76.7. The molecule has 133 heavy (non-hydrogen) atoms. The van der Waals surface area contributed by atoms with Crippen LogP contribution in [0.1, 0.15) is 0 Å². The SMILES string of the molecule is c1cc(-c2ccc3c(ccc4ccccc43)c2)cc(-c2ccc3c(c2)c2ccccc2n3-c2ccc3ccccc3c2)c1.c1cc(-c2ccc3c4ccccc4c4ccccc4c3c2)cc(-c2ccc3c(c2)c2ccccc2n3-c2ccc3ccccc3c2)c1.c1cc(-c2ccc3ccc4ccccc4c3c2)cc(-c2ccc3c(c2)c2ccccc2n3-c2ccc3ccccc3c2)c1. The number of aromatic nitrogens is 3. The van der Waals surface area contributed by atoms with Crippen LogP contribution >= 0.6 is 0 Å². The Bertz CT molecular complexity index is 9590. The first-order valence-electron chi connectivity index (χ1n) is 46.0. The normalized spacial score (nSPS) is 11.8. The third kappa shape index (κ3) is 13.3. The summed E-state index contributed by atoms with van der Waals surface area (Å²) < 4.78 is 7.20. The molecular formula is C130H83N3. The highest BCUT2D eigenvalue weighted by atomic mass is 15.0. The van der Waals surface area contributed by atoms with Gasteiger partial charge < -0.3 is 13.7 Å². The van der Waals surface area contributed by atoms with E-state index in [1.807, 2.05) is 0 Å². The Hall–Kier alpha value is -17.5. The molecule has 618 valence electrons. The third-order valence-corrected chi connectivity index (χ3v) is 27.8. The van der Waals surface area contributed by atoms with Gasteiger partial charge in [0.2, 0.25) is 0 Å². The molecule has 0 fully saturated rings. The van der Waals surface area contributed by atoms with E-state index in [1.165, 1.54) is 257 Å². The van der Waals surface area contributed by atoms with Gasteiger partial charge in [-0.2, -0.15) is 0 Å². The smallest absolute Gasteiger partial charge is 0.0541 e. The van der Waals surface area contributed by atoms with Crippen LogP contribution in [0.25, 0.3) is 257 Å². The zero-order chi connectivity index (χ0) is 87.6. The predicted molar refractivity (Wildman–Crippen MR) is 570 cm³/mol. The highest BCUT2D eigenvalue weighted by molar-refractivity contribution is 6.26. The number of benzene rings is 25. The fourth-order valence-corrected chi connectivity index (χ4v) is 21.3. The van der Waals surface area contributed by atoms with Crippen LogP contribution in [-0.4, -0.2) is 13.7 Å². The minimum absolute atomic E-state index is 1.18. The number of nitrogens with zero attached hydrogens (tertiary/aromatic N) is 3. The Labute approximate surface area is 768 Å². The molecule has 0 amide bonds. The van der Waals surface area contributed by atoms with Crippen molar-refractivity contribution in [2.24, 2.45) is 0 Å². The van der Waals surface area contributed by atoms with Gasteiger partial charge in [-0.25, -0.2) is 0 Å². The van der Waals surface area contributed by atoms with Crippen molar-refractivity contribution in [1.29, 1.82) is 0 Å². The van der Waals surface area contributed by atoms with Crippen molar-refractivity contribution in [3.63, 3.8) is 0 Å². The second-order valence-corrected chi connectivity index (χ2v) is 35.4. The molecule has 0 radical (unpaired) electrons. The van der Waals surface area contributed by atoms with E-state index in [1.54, 1.807) is 0 Å². The van der Waals surface area contributed by atoms with Crippen LogP contribution in [0.15, 0.2) is 504 Å². The van der Waals surface area contributed by atoms with Gasteiger partial charge in [-0.05, 0) is 302 Å². The van der Waals surface area contributed by atoms with Gasteiger partial charge in [0.15, 0.2) is 0 Å². The maximum atomic E-state index is 2.40. The molecule has 0 saturated heterocycles. The van der Waals surface area contributed by atoms with Crippen LogP contribution < -0.4 is 0 Å². The molecule has 28 rings (SSSR count). The number of para-hydroxylation sites is 3. The topological polar surface area (TPSA) is 14.8 Å². The van der Waals surface area contributed by atoms with E-state index < -0.39 is 0 Å². The molecule has 0 bridgehead atoms. The minimum atomic E-state index is 1.18. The molecule has 0 spiro atoms. The van der Waals surface area contributed by atoms with E-state index in [0.717, 1.165) is 0 Å². The summed E-state index contributed by atoms with van der Waals surface area (Å²) >= 11 is 0. The summed E-state index contributed by atoms with van der Waals surface area (Å²) in [7, 11) is 0. The summed E-state index contributed by atoms with van der Waals surface area (Å²) in [6.07, 6.45) is 0. The molecule has 3 heteroatoms. The van der Waals surface area contributed by atoms with E-state index >= 15 is 0 Å². The Morgan fingerprint density at radius 2 is 0.308 bits per heavy atom. The van der Waals surface area contributed by atoms with Crippen molar-refractivity contribution in [2.45, 2.75) is 0 Å². The van der Waals surface area contributed by atoms with E-state index in [4.69, 9.17) is 0 Å². The van der Waals surface area contributed by atoms with Crippen molar-refractivity contribution >= 4 is 173 Å². The van der Waals surface area contributed by atoms with E-state index in [0.29, 0.717) is 0 Å².